The average molecular weight is 304 g/mol. The summed E-state index contributed by atoms with van der Waals surface area (Å²) >= 11 is 0. The summed E-state index contributed by atoms with van der Waals surface area (Å²) in [4.78, 5) is 22.5. The van der Waals surface area contributed by atoms with Gasteiger partial charge in [0, 0.05) is 24.4 Å². The molecule has 8 heteroatoms. The van der Waals surface area contributed by atoms with Crippen LogP contribution in [0, 0.1) is 24.0 Å². The number of aromatic hydroxyl groups is 1. The minimum Gasteiger partial charge on any atom is -0.506 e. The van der Waals surface area contributed by atoms with Crippen LogP contribution in [0.15, 0.2) is 18.2 Å². The van der Waals surface area contributed by atoms with E-state index in [0.717, 1.165) is 12.1 Å². The van der Waals surface area contributed by atoms with Gasteiger partial charge in [-0.15, -0.1) is 0 Å². The maximum atomic E-state index is 12.4. The number of carbonyl (C=O) groups excluding carboxylic acids is 1. The van der Waals surface area contributed by atoms with Gasteiger partial charge < -0.3 is 10.4 Å². The minimum atomic E-state index is -0.597. The zero-order valence-electron chi connectivity index (χ0n) is 12.5. The fourth-order valence-electron chi connectivity index (χ4n) is 2.26. The number of nitrogens with one attached hydrogen (secondary N) is 1. The Morgan fingerprint density at radius 3 is 2.68 bits per heavy atom. The van der Waals surface area contributed by atoms with E-state index in [-0.39, 0.29) is 17.1 Å². The van der Waals surface area contributed by atoms with Gasteiger partial charge in [0.1, 0.15) is 5.75 Å². The normalized spacial score (nSPS) is 10.5. The number of nitro benzene ring substituents is 1. The molecule has 0 radical (unpaired) electrons. The summed E-state index contributed by atoms with van der Waals surface area (Å²) in [6.07, 6.45) is 0. The molecule has 0 aliphatic heterocycles. The molecular formula is C14H16N4O4. The van der Waals surface area contributed by atoms with Crippen molar-refractivity contribution in [2.75, 3.05) is 5.32 Å². The van der Waals surface area contributed by atoms with Crippen molar-refractivity contribution in [2.45, 2.75) is 27.3 Å². The van der Waals surface area contributed by atoms with Crippen LogP contribution in [0.25, 0.3) is 0 Å². The third kappa shape index (κ3) is 2.76. The van der Waals surface area contributed by atoms with Crippen LogP contribution in [0.3, 0.4) is 0 Å². The summed E-state index contributed by atoms with van der Waals surface area (Å²) in [7, 11) is 0. The molecule has 2 aromatic rings. The molecule has 0 spiro atoms. The molecule has 22 heavy (non-hydrogen) atoms. The topological polar surface area (TPSA) is 110 Å². The Labute approximate surface area is 126 Å². The number of phenolic OH excluding ortho intramolecular Hbond substituents is 1. The zero-order valence-corrected chi connectivity index (χ0v) is 12.5. The number of carbonyl (C=O) groups is 1. The lowest BCUT2D eigenvalue weighted by molar-refractivity contribution is -0.384. The standard InChI is InChI=1S/C14H16N4O4/c1-4-17-9(3)13(8(2)16-17)14(20)15-11-7-10(18(21)22)5-6-12(11)19/h5-7,19H,4H2,1-3H3,(H,15,20). The predicted molar refractivity (Wildman–Crippen MR) is 80.1 cm³/mol. The molecular weight excluding hydrogens is 288 g/mol. The number of amides is 1. The van der Waals surface area contributed by atoms with E-state index in [1.807, 2.05) is 6.92 Å². The van der Waals surface area contributed by atoms with Crippen molar-refractivity contribution in [1.29, 1.82) is 0 Å². The van der Waals surface area contributed by atoms with E-state index in [2.05, 4.69) is 10.4 Å². The Morgan fingerprint density at radius 1 is 1.45 bits per heavy atom. The van der Waals surface area contributed by atoms with Gasteiger partial charge in [0.2, 0.25) is 0 Å². The summed E-state index contributed by atoms with van der Waals surface area (Å²) in [5, 5.41) is 27.3. The van der Waals surface area contributed by atoms with Crippen LogP contribution in [0.4, 0.5) is 11.4 Å². The number of anilines is 1. The Hall–Kier alpha value is -2.90. The van der Waals surface area contributed by atoms with E-state index in [4.69, 9.17) is 0 Å². The second-order valence-corrected chi connectivity index (χ2v) is 4.77. The monoisotopic (exact) mass is 304 g/mol. The van der Waals surface area contributed by atoms with Crippen LogP contribution >= 0.6 is 0 Å². The van der Waals surface area contributed by atoms with Crippen LogP contribution in [0.1, 0.15) is 28.7 Å². The Morgan fingerprint density at radius 2 is 2.14 bits per heavy atom. The van der Waals surface area contributed by atoms with Gasteiger partial charge in [-0.3, -0.25) is 19.6 Å². The molecule has 0 saturated heterocycles. The second kappa shape index (κ2) is 5.84. The number of rotatable bonds is 4. The molecule has 0 aliphatic rings. The van der Waals surface area contributed by atoms with Crippen LogP contribution in [0.2, 0.25) is 0 Å². The number of hydrogen-bond donors (Lipinski definition) is 2. The molecule has 2 rings (SSSR count). The fraction of sp³-hybridized carbons (Fsp3) is 0.286. The van der Waals surface area contributed by atoms with Gasteiger partial charge >= 0.3 is 0 Å². The van der Waals surface area contributed by atoms with Gasteiger partial charge in [0.25, 0.3) is 11.6 Å². The number of non-ortho nitro benzene ring substituents is 1. The van der Waals surface area contributed by atoms with Crippen molar-refractivity contribution < 1.29 is 14.8 Å². The lowest BCUT2D eigenvalue weighted by Crippen LogP contribution is -2.14. The number of nitrogens with zero attached hydrogens (tertiary/aromatic N) is 3. The van der Waals surface area contributed by atoms with E-state index >= 15 is 0 Å². The van der Waals surface area contributed by atoms with Crippen molar-refractivity contribution in [3.63, 3.8) is 0 Å². The summed E-state index contributed by atoms with van der Waals surface area (Å²) < 4.78 is 1.69. The number of benzene rings is 1. The van der Waals surface area contributed by atoms with Crippen molar-refractivity contribution >= 4 is 17.3 Å². The van der Waals surface area contributed by atoms with Gasteiger partial charge in [0.15, 0.2) is 0 Å². The summed E-state index contributed by atoms with van der Waals surface area (Å²) in [6, 6.07) is 3.45. The van der Waals surface area contributed by atoms with Crippen LogP contribution in [-0.4, -0.2) is 25.7 Å². The Bertz CT molecular complexity index is 752. The SMILES string of the molecule is CCn1nc(C)c(C(=O)Nc2cc([N+](=O)[O-])ccc2O)c1C. The first-order chi connectivity index (χ1) is 10.3. The lowest BCUT2D eigenvalue weighted by Gasteiger charge is -2.07. The molecule has 1 heterocycles. The van der Waals surface area contributed by atoms with E-state index in [0.29, 0.717) is 23.5 Å². The van der Waals surface area contributed by atoms with Crippen molar-refractivity contribution in [1.82, 2.24) is 9.78 Å². The number of hydrogen-bond acceptors (Lipinski definition) is 5. The smallest absolute Gasteiger partial charge is 0.271 e. The third-order valence-corrected chi connectivity index (χ3v) is 3.35. The highest BCUT2D eigenvalue weighted by molar-refractivity contribution is 6.06. The van der Waals surface area contributed by atoms with Gasteiger partial charge in [-0.05, 0) is 26.8 Å². The molecule has 2 N–H and O–H groups in total. The molecule has 1 aromatic carbocycles. The van der Waals surface area contributed by atoms with Crippen molar-refractivity contribution in [2.24, 2.45) is 0 Å². The fourth-order valence-corrected chi connectivity index (χ4v) is 2.26. The van der Waals surface area contributed by atoms with Gasteiger partial charge in [-0.1, -0.05) is 0 Å². The lowest BCUT2D eigenvalue weighted by atomic mass is 10.1. The first kappa shape index (κ1) is 15.5. The quantitative estimate of drug-likeness (QED) is 0.512. The molecule has 0 saturated carbocycles. The average Bonchev–Trinajstić information content (AvgIpc) is 2.75. The highest BCUT2D eigenvalue weighted by atomic mass is 16.6. The van der Waals surface area contributed by atoms with Crippen molar-refractivity contribution in [3.05, 3.63) is 45.3 Å². The predicted octanol–water partition coefficient (Wildman–Crippen LogP) is 2.39. The number of aryl methyl sites for hydroxylation is 2. The summed E-state index contributed by atoms with van der Waals surface area (Å²) in [5.74, 6) is -0.706. The Kier molecular flexibility index (Phi) is 4.11. The highest BCUT2D eigenvalue weighted by Gasteiger charge is 2.20. The molecule has 1 amide bonds. The van der Waals surface area contributed by atoms with Gasteiger partial charge in [-0.2, -0.15) is 5.10 Å². The summed E-state index contributed by atoms with van der Waals surface area (Å²) in [5.41, 5.74) is 1.42. The number of phenols is 1. The third-order valence-electron chi connectivity index (χ3n) is 3.35. The molecule has 0 atom stereocenters. The molecule has 0 unspecified atom stereocenters. The van der Waals surface area contributed by atoms with E-state index < -0.39 is 10.8 Å². The molecule has 0 bridgehead atoms. The molecule has 1 aromatic heterocycles. The van der Waals surface area contributed by atoms with Crippen LogP contribution in [0.5, 0.6) is 5.75 Å². The van der Waals surface area contributed by atoms with E-state index in [9.17, 15) is 20.0 Å². The summed E-state index contributed by atoms with van der Waals surface area (Å²) in [6.45, 7) is 6.02. The maximum Gasteiger partial charge on any atom is 0.271 e. The van der Waals surface area contributed by atoms with E-state index in [1.165, 1.54) is 6.07 Å². The Balaban J connectivity index is 2.35. The largest absolute Gasteiger partial charge is 0.506 e. The highest BCUT2D eigenvalue weighted by Crippen LogP contribution is 2.28. The van der Waals surface area contributed by atoms with Crippen LogP contribution < -0.4 is 5.32 Å². The zero-order chi connectivity index (χ0) is 16.4. The second-order valence-electron chi connectivity index (χ2n) is 4.77. The first-order valence-electron chi connectivity index (χ1n) is 6.68. The van der Waals surface area contributed by atoms with E-state index in [1.54, 1.807) is 18.5 Å². The maximum absolute atomic E-state index is 12.4. The molecule has 8 nitrogen and oxygen atoms in total. The number of aromatic nitrogens is 2. The van der Waals surface area contributed by atoms with Gasteiger partial charge in [0.05, 0.1) is 21.9 Å². The molecule has 0 aliphatic carbocycles. The minimum absolute atomic E-state index is 0.0118. The van der Waals surface area contributed by atoms with Gasteiger partial charge in [-0.25, -0.2) is 0 Å². The van der Waals surface area contributed by atoms with Crippen LogP contribution in [-0.2, 0) is 6.54 Å². The van der Waals surface area contributed by atoms with Crippen molar-refractivity contribution in [3.8, 4) is 5.75 Å². The number of nitro groups is 1. The molecule has 116 valence electrons. The first-order valence-corrected chi connectivity index (χ1v) is 6.68. The molecule has 0 fully saturated rings.